The first-order chi connectivity index (χ1) is 10.7. The van der Waals surface area contributed by atoms with Crippen molar-refractivity contribution in [3.8, 4) is 0 Å². The second kappa shape index (κ2) is 10.8. The van der Waals surface area contributed by atoms with Gasteiger partial charge in [-0.25, -0.2) is 0 Å². The van der Waals surface area contributed by atoms with Gasteiger partial charge in [0.25, 0.3) is 0 Å². The van der Waals surface area contributed by atoms with E-state index in [0.29, 0.717) is 45.2 Å². The smallest absolute Gasteiger partial charge is 0.223 e. The van der Waals surface area contributed by atoms with Crippen LogP contribution in [0.3, 0.4) is 0 Å². The number of morpholine rings is 1. The Morgan fingerprint density at radius 2 is 1.83 bits per heavy atom. The van der Waals surface area contributed by atoms with E-state index in [2.05, 4.69) is 12.2 Å². The number of ether oxygens (including phenoxy) is 1. The molecule has 23 heavy (non-hydrogen) atoms. The molecule has 134 valence electrons. The van der Waals surface area contributed by atoms with E-state index < -0.39 is 0 Å². The summed E-state index contributed by atoms with van der Waals surface area (Å²) in [6.07, 6.45) is 3.66. The quantitative estimate of drug-likeness (QED) is 0.779. The molecule has 2 fully saturated rings. The van der Waals surface area contributed by atoms with E-state index in [4.69, 9.17) is 4.74 Å². The molecule has 0 saturated carbocycles. The van der Waals surface area contributed by atoms with E-state index in [-0.39, 0.29) is 24.2 Å². The molecule has 0 bridgehead atoms. The van der Waals surface area contributed by atoms with Gasteiger partial charge in [-0.15, -0.1) is 12.4 Å². The minimum atomic E-state index is 0. The van der Waals surface area contributed by atoms with Gasteiger partial charge in [0, 0.05) is 38.5 Å². The van der Waals surface area contributed by atoms with Crippen molar-refractivity contribution in [2.45, 2.75) is 45.1 Å². The number of carbonyl (C=O) groups is 2. The van der Waals surface area contributed by atoms with Crippen molar-refractivity contribution >= 4 is 24.2 Å². The van der Waals surface area contributed by atoms with Crippen LogP contribution < -0.4 is 5.32 Å². The number of hydrogen-bond donors (Lipinski definition) is 1. The van der Waals surface area contributed by atoms with E-state index in [9.17, 15) is 9.59 Å². The molecule has 0 aromatic carbocycles. The standard InChI is InChI=1S/C16H29N3O3.ClH/c1-2-9-19(14-5-7-17-8-6-14)16(21)4-3-15(20)18-10-12-22-13-11-18;/h14,17H,2-13H2,1H3;1H. The van der Waals surface area contributed by atoms with Crippen molar-refractivity contribution < 1.29 is 14.3 Å². The van der Waals surface area contributed by atoms with Gasteiger partial charge in [0.05, 0.1) is 13.2 Å². The molecule has 0 unspecified atom stereocenters. The van der Waals surface area contributed by atoms with Crippen molar-refractivity contribution in [3.05, 3.63) is 0 Å². The highest BCUT2D eigenvalue weighted by Crippen LogP contribution is 2.15. The molecule has 2 aliphatic rings. The zero-order valence-electron chi connectivity index (χ0n) is 14.1. The maximum Gasteiger partial charge on any atom is 0.223 e. The SMILES string of the molecule is CCCN(C(=O)CCC(=O)N1CCOCC1)C1CCNCC1.Cl. The first-order valence-corrected chi connectivity index (χ1v) is 8.58. The Morgan fingerprint density at radius 3 is 2.43 bits per heavy atom. The second-order valence-corrected chi connectivity index (χ2v) is 6.06. The van der Waals surface area contributed by atoms with E-state index in [1.54, 1.807) is 0 Å². The number of amides is 2. The monoisotopic (exact) mass is 347 g/mol. The highest BCUT2D eigenvalue weighted by atomic mass is 35.5. The third-order valence-electron chi connectivity index (χ3n) is 4.45. The fourth-order valence-corrected chi connectivity index (χ4v) is 3.20. The predicted octanol–water partition coefficient (Wildman–Crippen LogP) is 1.04. The molecule has 0 aromatic rings. The van der Waals surface area contributed by atoms with Crippen molar-refractivity contribution in [1.29, 1.82) is 0 Å². The van der Waals surface area contributed by atoms with E-state index >= 15 is 0 Å². The van der Waals surface area contributed by atoms with Crippen LogP contribution in [0, 0.1) is 0 Å². The zero-order valence-corrected chi connectivity index (χ0v) is 14.9. The Kier molecular flexibility index (Phi) is 9.52. The summed E-state index contributed by atoms with van der Waals surface area (Å²) in [7, 11) is 0. The van der Waals surface area contributed by atoms with Gasteiger partial charge in [-0.2, -0.15) is 0 Å². The number of carbonyl (C=O) groups excluding carboxylic acids is 2. The van der Waals surface area contributed by atoms with Crippen LogP contribution in [-0.4, -0.2) is 73.6 Å². The molecule has 0 aromatic heterocycles. The largest absolute Gasteiger partial charge is 0.378 e. The molecule has 2 amide bonds. The molecular formula is C16H30ClN3O3. The first kappa shape index (κ1) is 20.2. The second-order valence-electron chi connectivity index (χ2n) is 6.06. The molecule has 0 atom stereocenters. The van der Waals surface area contributed by atoms with Crippen LogP contribution in [0.15, 0.2) is 0 Å². The Labute approximate surface area is 145 Å². The van der Waals surface area contributed by atoms with Gasteiger partial charge < -0.3 is 19.9 Å². The molecule has 0 aliphatic carbocycles. The van der Waals surface area contributed by atoms with Gasteiger partial charge in [-0.05, 0) is 32.4 Å². The molecule has 2 rings (SSSR count). The van der Waals surface area contributed by atoms with E-state index in [1.165, 1.54) is 0 Å². The van der Waals surface area contributed by atoms with Gasteiger partial charge in [-0.1, -0.05) is 6.92 Å². The molecule has 6 nitrogen and oxygen atoms in total. The number of nitrogens with zero attached hydrogens (tertiary/aromatic N) is 2. The minimum Gasteiger partial charge on any atom is -0.378 e. The summed E-state index contributed by atoms with van der Waals surface area (Å²) in [5.74, 6) is 0.216. The van der Waals surface area contributed by atoms with Crippen LogP contribution in [0.25, 0.3) is 0 Å². The fraction of sp³-hybridized carbons (Fsp3) is 0.875. The van der Waals surface area contributed by atoms with Gasteiger partial charge in [0.2, 0.25) is 11.8 Å². The average Bonchev–Trinajstić information content (AvgIpc) is 2.58. The summed E-state index contributed by atoms with van der Waals surface area (Å²) in [5.41, 5.74) is 0. The molecule has 7 heteroatoms. The Hall–Kier alpha value is -0.850. The molecule has 0 radical (unpaired) electrons. The zero-order chi connectivity index (χ0) is 15.8. The van der Waals surface area contributed by atoms with Crippen LogP contribution in [0.5, 0.6) is 0 Å². The van der Waals surface area contributed by atoms with Gasteiger partial charge in [0.15, 0.2) is 0 Å². The lowest BCUT2D eigenvalue weighted by Crippen LogP contribution is -2.47. The van der Waals surface area contributed by atoms with E-state index in [0.717, 1.165) is 38.9 Å². The summed E-state index contributed by atoms with van der Waals surface area (Å²) in [4.78, 5) is 28.5. The summed E-state index contributed by atoms with van der Waals surface area (Å²) < 4.78 is 5.25. The number of rotatable bonds is 6. The first-order valence-electron chi connectivity index (χ1n) is 8.58. The van der Waals surface area contributed by atoms with Crippen LogP contribution >= 0.6 is 12.4 Å². The van der Waals surface area contributed by atoms with Gasteiger partial charge in [0.1, 0.15) is 0 Å². The molecule has 0 spiro atoms. The lowest BCUT2D eigenvalue weighted by atomic mass is 10.0. The third kappa shape index (κ3) is 6.28. The lowest BCUT2D eigenvalue weighted by molar-refractivity contribution is -0.140. The number of piperidine rings is 1. The molecule has 2 heterocycles. The topological polar surface area (TPSA) is 61.9 Å². The Morgan fingerprint density at radius 1 is 1.17 bits per heavy atom. The summed E-state index contributed by atoms with van der Waals surface area (Å²) in [5, 5.41) is 3.33. The van der Waals surface area contributed by atoms with Crippen molar-refractivity contribution in [2.24, 2.45) is 0 Å². The average molecular weight is 348 g/mol. The number of nitrogens with one attached hydrogen (secondary N) is 1. The van der Waals surface area contributed by atoms with Crippen LogP contribution in [0.1, 0.15) is 39.0 Å². The normalized spacial score (nSPS) is 19.1. The summed E-state index contributed by atoms with van der Waals surface area (Å²) in [6, 6.07) is 0.340. The fourth-order valence-electron chi connectivity index (χ4n) is 3.20. The molecular weight excluding hydrogens is 318 g/mol. The molecule has 2 saturated heterocycles. The highest BCUT2D eigenvalue weighted by Gasteiger charge is 2.25. The number of halogens is 1. The summed E-state index contributed by atoms with van der Waals surface area (Å²) in [6.45, 7) is 7.37. The van der Waals surface area contributed by atoms with Crippen molar-refractivity contribution in [1.82, 2.24) is 15.1 Å². The predicted molar refractivity (Wildman–Crippen MR) is 91.8 cm³/mol. The minimum absolute atomic E-state index is 0. The van der Waals surface area contributed by atoms with Crippen LogP contribution in [-0.2, 0) is 14.3 Å². The van der Waals surface area contributed by atoms with Crippen molar-refractivity contribution in [3.63, 3.8) is 0 Å². The Bertz CT molecular complexity index is 370. The van der Waals surface area contributed by atoms with Crippen LogP contribution in [0.4, 0.5) is 0 Å². The maximum absolute atomic E-state index is 12.5. The van der Waals surface area contributed by atoms with Crippen molar-refractivity contribution in [2.75, 3.05) is 45.9 Å². The maximum atomic E-state index is 12.5. The molecule has 1 N–H and O–H groups in total. The van der Waals surface area contributed by atoms with Gasteiger partial charge in [-0.3, -0.25) is 9.59 Å². The van der Waals surface area contributed by atoms with E-state index in [1.807, 2.05) is 9.80 Å². The highest BCUT2D eigenvalue weighted by molar-refractivity contribution is 5.85. The van der Waals surface area contributed by atoms with Crippen LogP contribution in [0.2, 0.25) is 0 Å². The Balaban J connectivity index is 0.00000264. The van der Waals surface area contributed by atoms with Gasteiger partial charge >= 0.3 is 0 Å². The number of hydrogen-bond acceptors (Lipinski definition) is 4. The summed E-state index contributed by atoms with van der Waals surface area (Å²) >= 11 is 0. The third-order valence-corrected chi connectivity index (χ3v) is 4.45. The lowest BCUT2D eigenvalue weighted by Gasteiger charge is -2.35. The molecule has 2 aliphatic heterocycles.